The van der Waals surface area contributed by atoms with E-state index in [1.165, 1.54) is 29.6 Å². The zero-order valence-corrected chi connectivity index (χ0v) is 18.5. The van der Waals surface area contributed by atoms with Crippen molar-refractivity contribution in [3.63, 3.8) is 0 Å². The molecule has 0 unspecified atom stereocenters. The third-order valence-corrected chi connectivity index (χ3v) is 6.73. The van der Waals surface area contributed by atoms with E-state index in [0.717, 1.165) is 12.8 Å². The summed E-state index contributed by atoms with van der Waals surface area (Å²) in [5.74, 6) is -0.900. The number of sulfonamides is 1. The Hall–Kier alpha value is -2.13. The fourth-order valence-electron chi connectivity index (χ4n) is 3.53. The second-order valence-corrected chi connectivity index (χ2v) is 9.45. The van der Waals surface area contributed by atoms with Crippen molar-refractivity contribution in [3.05, 3.63) is 23.8 Å². The maximum Gasteiger partial charge on any atom is 0.338 e. The Bertz CT molecular complexity index is 837. The summed E-state index contributed by atoms with van der Waals surface area (Å²) < 4.78 is 37.6. The van der Waals surface area contributed by atoms with Crippen LogP contribution in [0.2, 0.25) is 0 Å². The van der Waals surface area contributed by atoms with Gasteiger partial charge in [-0.3, -0.25) is 4.79 Å². The van der Waals surface area contributed by atoms with Crippen LogP contribution in [0.4, 0.5) is 0 Å². The lowest BCUT2D eigenvalue weighted by Gasteiger charge is -2.30. The number of esters is 1. The average molecular weight is 427 g/mol. The van der Waals surface area contributed by atoms with Crippen molar-refractivity contribution in [1.29, 1.82) is 0 Å². The van der Waals surface area contributed by atoms with E-state index < -0.39 is 22.6 Å². The van der Waals surface area contributed by atoms with Crippen molar-refractivity contribution in [2.75, 3.05) is 26.8 Å². The molecular formula is C20H30N2O6S. The van der Waals surface area contributed by atoms with Crippen LogP contribution in [0.15, 0.2) is 23.1 Å². The van der Waals surface area contributed by atoms with Crippen LogP contribution < -0.4 is 4.74 Å². The second kappa shape index (κ2) is 9.58. The monoisotopic (exact) mass is 426 g/mol. The van der Waals surface area contributed by atoms with E-state index >= 15 is 0 Å². The molecule has 1 aromatic rings. The summed E-state index contributed by atoms with van der Waals surface area (Å²) in [7, 11) is -2.40. The SMILES string of the molecule is COc1ccc(C(=O)OCC(=O)N(C(C)C)C(C)C)cc1S(=O)(=O)N1CCCC1. The predicted molar refractivity (Wildman–Crippen MR) is 108 cm³/mol. The molecule has 0 radical (unpaired) electrons. The lowest BCUT2D eigenvalue weighted by molar-refractivity contribution is -0.138. The van der Waals surface area contributed by atoms with Gasteiger partial charge in [0.1, 0.15) is 10.6 Å². The Morgan fingerprint density at radius 1 is 1.10 bits per heavy atom. The third-order valence-electron chi connectivity index (χ3n) is 4.81. The molecule has 9 heteroatoms. The third kappa shape index (κ3) is 5.27. The predicted octanol–water partition coefficient (Wildman–Crippen LogP) is 2.28. The van der Waals surface area contributed by atoms with Crippen LogP contribution in [0.25, 0.3) is 0 Å². The van der Waals surface area contributed by atoms with Crippen LogP contribution in [0.5, 0.6) is 5.75 Å². The number of ether oxygens (including phenoxy) is 2. The van der Waals surface area contributed by atoms with Gasteiger partial charge in [0.15, 0.2) is 6.61 Å². The number of hydrogen-bond acceptors (Lipinski definition) is 6. The molecule has 1 aliphatic rings. The number of benzene rings is 1. The van der Waals surface area contributed by atoms with Gasteiger partial charge < -0.3 is 14.4 Å². The lowest BCUT2D eigenvalue weighted by Crippen LogP contribution is -2.44. The molecule has 0 saturated carbocycles. The Kier molecular flexibility index (Phi) is 7.65. The highest BCUT2D eigenvalue weighted by atomic mass is 32.2. The molecule has 1 saturated heterocycles. The van der Waals surface area contributed by atoms with Gasteiger partial charge in [0, 0.05) is 25.2 Å². The molecule has 1 fully saturated rings. The molecule has 0 bridgehead atoms. The van der Waals surface area contributed by atoms with E-state index in [4.69, 9.17) is 9.47 Å². The molecular weight excluding hydrogens is 396 g/mol. The van der Waals surface area contributed by atoms with E-state index in [2.05, 4.69) is 0 Å². The molecule has 1 aromatic carbocycles. The summed E-state index contributed by atoms with van der Waals surface area (Å²) in [6.07, 6.45) is 1.60. The molecule has 162 valence electrons. The fraction of sp³-hybridized carbons (Fsp3) is 0.600. The fourth-order valence-corrected chi connectivity index (χ4v) is 5.23. The van der Waals surface area contributed by atoms with Crippen molar-refractivity contribution in [1.82, 2.24) is 9.21 Å². The molecule has 0 spiro atoms. The highest BCUT2D eigenvalue weighted by Crippen LogP contribution is 2.30. The van der Waals surface area contributed by atoms with Crippen molar-refractivity contribution in [2.24, 2.45) is 0 Å². The largest absolute Gasteiger partial charge is 0.495 e. The Morgan fingerprint density at radius 2 is 1.69 bits per heavy atom. The first-order chi connectivity index (χ1) is 13.6. The minimum atomic E-state index is -3.78. The topological polar surface area (TPSA) is 93.2 Å². The lowest BCUT2D eigenvalue weighted by atomic mass is 10.2. The number of carbonyl (C=O) groups excluding carboxylic acids is 2. The number of amides is 1. The smallest absolute Gasteiger partial charge is 0.338 e. The molecule has 0 atom stereocenters. The molecule has 2 rings (SSSR count). The Balaban J connectivity index is 2.20. The van der Waals surface area contributed by atoms with Gasteiger partial charge >= 0.3 is 5.97 Å². The minimum Gasteiger partial charge on any atom is -0.495 e. The van der Waals surface area contributed by atoms with Gasteiger partial charge in [0.2, 0.25) is 10.0 Å². The molecule has 1 amide bonds. The van der Waals surface area contributed by atoms with E-state index in [-0.39, 0.29) is 34.2 Å². The number of methoxy groups -OCH3 is 1. The molecule has 0 N–H and O–H groups in total. The highest BCUT2D eigenvalue weighted by molar-refractivity contribution is 7.89. The van der Waals surface area contributed by atoms with Crippen molar-refractivity contribution < 1.29 is 27.5 Å². The van der Waals surface area contributed by atoms with E-state index in [0.29, 0.717) is 13.1 Å². The van der Waals surface area contributed by atoms with E-state index in [1.54, 1.807) is 4.90 Å². The molecule has 29 heavy (non-hydrogen) atoms. The zero-order valence-electron chi connectivity index (χ0n) is 17.7. The number of nitrogens with zero attached hydrogens (tertiary/aromatic N) is 2. The zero-order chi connectivity index (χ0) is 21.8. The highest BCUT2D eigenvalue weighted by Gasteiger charge is 2.31. The van der Waals surface area contributed by atoms with Crippen molar-refractivity contribution in [2.45, 2.75) is 57.5 Å². The number of carbonyl (C=O) groups is 2. The van der Waals surface area contributed by atoms with Gasteiger partial charge in [-0.2, -0.15) is 4.31 Å². The number of hydrogen-bond donors (Lipinski definition) is 0. The first-order valence-corrected chi connectivity index (χ1v) is 11.2. The van der Waals surface area contributed by atoms with Gasteiger partial charge in [-0.15, -0.1) is 0 Å². The Labute approximate surface area is 172 Å². The minimum absolute atomic E-state index is 0.0283. The summed E-state index contributed by atoms with van der Waals surface area (Å²) in [6, 6.07) is 4.05. The number of rotatable bonds is 8. The van der Waals surface area contributed by atoms with Gasteiger partial charge in [0.25, 0.3) is 5.91 Å². The van der Waals surface area contributed by atoms with Gasteiger partial charge in [-0.05, 0) is 58.7 Å². The Morgan fingerprint density at radius 3 is 2.21 bits per heavy atom. The second-order valence-electron chi connectivity index (χ2n) is 7.54. The molecule has 1 aliphatic heterocycles. The van der Waals surface area contributed by atoms with E-state index in [1.807, 2.05) is 27.7 Å². The van der Waals surface area contributed by atoms with Crippen molar-refractivity contribution in [3.8, 4) is 5.75 Å². The summed E-state index contributed by atoms with van der Waals surface area (Å²) in [5, 5.41) is 0. The quantitative estimate of drug-likeness (QED) is 0.592. The van der Waals surface area contributed by atoms with Gasteiger partial charge in [-0.25, -0.2) is 13.2 Å². The molecule has 0 aliphatic carbocycles. The van der Waals surface area contributed by atoms with E-state index in [9.17, 15) is 18.0 Å². The van der Waals surface area contributed by atoms with Gasteiger partial charge in [-0.1, -0.05) is 0 Å². The molecule has 1 heterocycles. The summed E-state index contributed by atoms with van der Waals surface area (Å²) in [5.41, 5.74) is 0.0528. The summed E-state index contributed by atoms with van der Waals surface area (Å²) >= 11 is 0. The normalized spacial score (nSPS) is 15.0. The maximum atomic E-state index is 12.9. The molecule has 0 aromatic heterocycles. The van der Waals surface area contributed by atoms with Crippen LogP contribution in [0.3, 0.4) is 0 Å². The first kappa shape index (κ1) is 23.2. The first-order valence-electron chi connectivity index (χ1n) is 9.76. The summed E-state index contributed by atoms with van der Waals surface area (Å²) in [4.78, 5) is 26.4. The molecule has 8 nitrogen and oxygen atoms in total. The summed E-state index contributed by atoms with van der Waals surface area (Å²) in [6.45, 7) is 8.02. The average Bonchev–Trinajstić information content (AvgIpc) is 3.20. The van der Waals surface area contributed by atoms with Crippen LogP contribution >= 0.6 is 0 Å². The van der Waals surface area contributed by atoms with Crippen LogP contribution in [0, 0.1) is 0 Å². The standard InChI is InChI=1S/C20H30N2O6S/c1-14(2)22(15(3)4)19(23)13-28-20(24)16-8-9-17(27-5)18(12-16)29(25,26)21-10-6-7-11-21/h8-9,12,14-15H,6-7,10-11,13H2,1-5H3. The van der Waals surface area contributed by atoms with Crippen LogP contribution in [0.1, 0.15) is 50.9 Å². The van der Waals surface area contributed by atoms with Gasteiger partial charge in [0.05, 0.1) is 12.7 Å². The van der Waals surface area contributed by atoms with Crippen LogP contribution in [-0.2, 0) is 19.6 Å². The van der Waals surface area contributed by atoms with Crippen molar-refractivity contribution >= 4 is 21.9 Å². The maximum absolute atomic E-state index is 12.9. The van der Waals surface area contributed by atoms with Crippen LogP contribution in [-0.4, -0.2) is 68.4 Å².